The van der Waals surface area contributed by atoms with E-state index in [1.807, 2.05) is 0 Å². The van der Waals surface area contributed by atoms with Crippen LogP contribution < -0.4 is 9.47 Å². The average molecular weight is 467 g/mol. The Kier molecular flexibility index (Phi) is 10.6. The topological polar surface area (TPSA) is 88.1 Å². The molecule has 1 atom stereocenters. The van der Waals surface area contributed by atoms with Crippen LogP contribution in [0.25, 0.3) is 6.08 Å². The fraction of sp³-hybridized carbons (Fsp3) is 0.296. The van der Waals surface area contributed by atoms with Gasteiger partial charge >= 0.3 is 17.9 Å². The van der Waals surface area contributed by atoms with Crippen molar-refractivity contribution >= 4 is 24.0 Å². The van der Waals surface area contributed by atoms with E-state index in [1.165, 1.54) is 13.2 Å². The maximum absolute atomic E-state index is 12.8. The summed E-state index contributed by atoms with van der Waals surface area (Å²) in [5.74, 6) is -1.06. The zero-order chi connectivity index (χ0) is 24.9. The second-order valence-corrected chi connectivity index (χ2v) is 7.54. The van der Waals surface area contributed by atoms with Crippen LogP contribution in [-0.2, 0) is 19.1 Å². The van der Waals surface area contributed by atoms with Gasteiger partial charge in [0.1, 0.15) is 17.1 Å². The molecule has 1 unspecified atom stereocenters. The zero-order valence-corrected chi connectivity index (χ0v) is 19.7. The molecule has 2 aromatic carbocycles. The number of unbranched alkanes of at least 4 members (excludes halogenated alkanes) is 2. The molecule has 7 nitrogen and oxygen atoms in total. The minimum absolute atomic E-state index is 0.198. The fourth-order valence-corrected chi connectivity index (χ4v) is 2.84. The number of benzene rings is 2. The summed E-state index contributed by atoms with van der Waals surface area (Å²) in [4.78, 5) is 36.1. The highest BCUT2D eigenvalue weighted by Gasteiger charge is 2.21. The first-order chi connectivity index (χ1) is 16.3. The van der Waals surface area contributed by atoms with Crippen molar-refractivity contribution in [1.29, 1.82) is 0 Å². The second kappa shape index (κ2) is 13.6. The third-order valence-electron chi connectivity index (χ3n) is 4.70. The first-order valence-electron chi connectivity index (χ1n) is 11.0. The molecule has 0 amide bonds. The Morgan fingerprint density at radius 2 is 1.74 bits per heavy atom. The molecule has 0 aliphatic heterocycles. The van der Waals surface area contributed by atoms with Gasteiger partial charge in [-0.1, -0.05) is 50.6 Å². The number of carbonyl (C=O) groups excluding carboxylic acids is 3. The lowest BCUT2D eigenvalue weighted by Gasteiger charge is -2.21. The number of para-hydroxylation sites is 1. The summed E-state index contributed by atoms with van der Waals surface area (Å²) in [6.45, 7) is 7.24. The lowest BCUT2D eigenvalue weighted by atomic mass is 10.2. The average Bonchev–Trinajstić information content (AvgIpc) is 2.83. The molecule has 0 radical (unpaired) electrons. The molecule has 0 spiro atoms. The minimum atomic E-state index is -0.856. The van der Waals surface area contributed by atoms with Crippen molar-refractivity contribution in [2.24, 2.45) is 0 Å². The standard InChI is InChI=1S/C27H30O7/c1-5-6-7-12-25(34-26(29)19(2)3)33-23-11-9-8-10-22(23)27(30)32-21-16-13-20(14-17-21)15-18-24(28)31-4/h8-11,13-18,25H,2,5-7,12H2,1,3-4H3/b18-15+. The van der Waals surface area contributed by atoms with Crippen LogP contribution in [0.1, 0.15) is 55.5 Å². The number of hydrogen-bond donors (Lipinski definition) is 0. The summed E-state index contributed by atoms with van der Waals surface area (Å²) >= 11 is 0. The minimum Gasteiger partial charge on any atom is -0.466 e. The summed E-state index contributed by atoms with van der Waals surface area (Å²) in [6.07, 6.45) is 5.27. The first-order valence-corrected chi connectivity index (χ1v) is 11.0. The van der Waals surface area contributed by atoms with Gasteiger partial charge < -0.3 is 18.9 Å². The predicted octanol–water partition coefficient (Wildman–Crippen LogP) is 5.50. The molecule has 0 saturated carbocycles. The molecule has 34 heavy (non-hydrogen) atoms. The van der Waals surface area contributed by atoms with Crippen molar-refractivity contribution in [2.45, 2.75) is 45.8 Å². The number of ether oxygens (including phenoxy) is 4. The van der Waals surface area contributed by atoms with Gasteiger partial charge in [0.05, 0.1) is 7.11 Å². The Morgan fingerprint density at radius 1 is 1.03 bits per heavy atom. The van der Waals surface area contributed by atoms with E-state index in [4.69, 9.17) is 14.2 Å². The lowest BCUT2D eigenvalue weighted by molar-refractivity contribution is -0.159. The summed E-state index contributed by atoms with van der Waals surface area (Å²) < 4.78 is 21.4. The maximum Gasteiger partial charge on any atom is 0.347 e. The summed E-state index contributed by atoms with van der Waals surface area (Å²) in [5.41, 5.74) is 1.20. The van der Waals surface area contributed by atoms with Crippen LogP contribution in [0.4, 0.5) is 0 Å². The third-order valence-corrected chi connectivity index (χ3v) is 4.70. The van der Waals surface area contributed by atoms with Crippen LogP contribution in [0.15, 0.2) is 66.8 Å². The van der Waals surface area contributed by atoms with E-state index < -0.39 is 24.2 Å². The largest absolute Gasteiger partial charge is 0.466 e. The molecule has 0 aliphatic carbocycles. The highest BCUT2D eigenvalue weighted by atomic mass is 16.7. The van der Waals surface area contributed by atoms with Gasteiger partial charge in [0.15, 0.2) is 0 Å². The molecule has 0 N–H and O–H groups in total. The Labute approximate surface area is 200 Å². The number of methoxy groups -OCH3 is 1. The van der Waals surface area contributed by atoms with Gasteiger partial charge in [-0.15, -0.1) is 0 Å². The van der Waals surface area contributed by atoms with Gasteiger partial charge in [-0.05, 0) is 49.2 Å². The molecule has 2 rings (SSSR count). The normalized spacial score (nSPS) is 11.5. The predicted molar refractivity (Wildman–Crippen MR) is 128 cm³/mol. The fourth-order valence-electron chi connectivity index (χ4n) is 2.84. The Bertz CT molecular complexity index is 1020. The molecular weight excluding hydrogens is 436 g/mol. The van der Waals surface area contributed by atoms with Gasteiger partial charge in [-0.25, -0.2) is 14.4 Å². The second-order valence-electron chi connectivity index (χ2n) is 7.54. The van der Waals surface area contributed by atoms with Gasteiger partial charge in [-0.3, -0.25) is 0 Å². The van der Waals surface area contributed by atoms with Crippen molar-refractivity contribution in [3.63, 3.8) is 0 Å². The molecule has 0 fully saturated rings. The van der Waals surface area contributed by atoms with E-state index in [2.05, 4.69) is 18.2 Å². The lowest BCUT2D eigenvalue weighted by Crippen LogP contribution is -2.26. The quantitative estimate of drug-likeness (QED) is 0.134. The summed E-state index contributed by atoms with van der Waals surface area (Å²) in [6, 6.07) is 13.2. The molecule has 7 heteroatoms. The summed E-state index contributed by atoms with van der Waals surface area (Å²) in [7, 11) is 1.30. The molecule has 0 aliphatic rings. The SMILES string of the molecule is C=C(C)C(=O)OC(CCCCC)Oc1ccccc1C(=O)Oc1ccc(/C=C/C(=O)OC)cc1. The molecule has 0 heterocycles. The van der Waals surface area contributed by atoms with E-state index in [0.29, 0.717) is 12.2 Å². The highest BCUT2D eigenvalue weighted by molar-refractivity contribution is 5.94. The first kappa shape index (κ1) is 26.4. The Hall–Kier alpha value is -3.87. The van der Waals surface area contributed by atoms with Crippen LogP contribution in [0, 0.1) is 0 Å². The van der Waals surface area contributed by atoms with Crippen molar-refractivity contribution in [3.05, 3.63) is 77.9 Å². The maximum atomic E-state index is 12.8. The van der Waals surface area contributed by atoms with Crippen LogP contribution in [0.3, 0.4) is 0 Å². The van der Waals surface area contributed by atoms with E-state index in [0.717, 1.165) is 24.8 Å². The number of esters is 3. The molecule has 0 saturated heterocycles. The van der Waals surface area contributed by atoms with Gasteiger partial charge in [0.2, 0.25) is 6.29 Å². The monoisotopic (exact) mass is 466 g/mol. The number of rotatable bonds is 12. The van der Waals surface area contributed by atoms with Crippen LogP contribution in [-0.4, -0.2) is 31.3 Å². The molecule has 2 aromatic rings. The van der Waals surface area contributed by atoms with E-state index in [-0.39, 0.29) is 16.9 Å². The van der Waals surface area contributed by atoms with E-state index in [1.54, 1.807) is 61.5 Å². The van der Waals surface area contributed by atoms with Gasteiger partial charge in [0, 0.05) is 18.1 Å². The van der Waals surface area contributed by atoms with E-state index >= 15 is 0 Å². The molecule has 0 bridgehead atoms. The number of carbonyl (C=O) groups is 3. The van der Waals surface area contributed by atoms with Crippen molar-refractivity contribution in [1.82, 2.24) is 0 Å². The Balaban J connectivity index is 2.13. The number of hydrogen-bond acceptors (Lipinski definition) is 7. The van der Waals surface area contributed by atoms with Gasteiger partial charge in [-0.2, -0.15) is 0 Å². The smallest absolute Gasteiger partial charge is 0.347 e. The van der Waals surface area contributed by atoms with Gasteiger partial charge in [0.25, 0.3) is 0 Å². The Morgan fingerprint density at radius 3 is 2.38 bits per heavy atom. The molecular formula is C27H30O7. The van der Waals surface area contributed by atoms with Crippen LogP contribution in [0.5, 0.6) is 11.5 Å². The van der Waals surface area contributed by atoms with Crippen molar-refractivity contribution in [3.8, 4) is 11.5 Å². The molecule has 0 aromatic heterocycles. The van der Waals surface area contributed by atoms with Crippen LogP contribution in [0.2, 0.25) is 0 Å². The summed E-state index contributed by atoms with van der Waals surface area (Å²) in [5, 5.41) is 0. The van der Waals surface area contributed by atoms with Crippen molar-refractivity contribution in [2.75, 3.05) is 7.11 Å². The highest BCUT2D eigenvalue weighted by Crippen LogP contribution is 2.24. The van der Waals surface area contributed by atoms with Crippen molar-refractivity contribution < 1.29 is 33.3 Å². The van der Waals surface area contributed by atoms with E-state index in [9.17, 15) is 14.4 Å². The van der Waals surface area contributed by atoms with Crippen LogP contribution >= 0.6 is 0 Å². The molecule has 180 valence electrons. The third kappa shape index (κ3) is 8.58. The zero-order valence-electron chi connectivity index (χ0n) is 19.7.